The predicted molar refractivity (Wildman–Crippen MR) is 81.9 cm³/mol. The molecule has 2 unspecified atom stereocenters. The summed E-state index contributed by atoms with van der Waals surface area (Å²) >= 11 is 0. The lowest BCUT2D eigenvalue weighted by atomic mass is 9.87. The number of amides is 1. The fourth-order valence-electron chi connectivity index (χ4n) is 2.85. The maximum atomic E-state index is 11.7. The van der Waals surface area contributed by atoms with E-state index < -0.39 is 21.8 Å². The fraction of sp³-hybridized carbons (Fsp3) is 0.533. The van der Waals surface area contributed by atoms with Crippen LogP contribution in [0.4, 0.5) is 0 Å². The molecule has 2 N–H and O–H groups in total. The normalized spacial score (nSPS) is 23.0. The van der Waals surface area contributed by atoms with Crippen molar-refractivity contribution in [3.05, 3.63) is 29.3 Å². The van der Waals surface area contributed by atoms with Gasteiger partial charge in [-0.25, -0.2) is 0 Å². The highest BCUT2D eigenvalue weighted by atomic mass is 32.2. The number of hydrogen-bond donors (Lipinski definition) is 2. The van der Waals surface area contributed by atoms with E-state index in [9.17, 15) is 13.2 Å². The Morgan fingerprint density at radius 2 is 2.22 bits per heavy atom. The molecule has 0 spiro atoms. The molecule has 126 valence electrons. The second-order valence-corrected chi connectivity index (χ2v) is 7.28. The summed E-state index contributed by atoms with van der Waals surface area (Å²) in [7, 11) is -4.32. The molecule has 1 aromatic carbocycles. The Labute approximate surface area is 134 Å². The van der Waals surface area contributed by atoms with E-state index in [-0.39, 0.29) is 12.1 Å². The first-order valence-electron chi connectivity index (χ1n) is 7.53. The van der Waals surface area contributed by atoms with Crippen LogP contribution in [0.2, 0.25) is 0 Å². The first kappa shape index (κ1) is 16.2. The number of nitrogens with one attached hydrogen (secondary N) is 1. The number of epoxide rings is 1. The average Bonchev–Trinajstić information content (AvgIpc) is 3.27. The van der Waals surface area contributed by atoms with E-state index in [1.165, 1.54) is 0 Å². The van der Waals surface area contributed by atoms with Crippen molar-refractivity contribution in [2.24, 2.45) is 0 Å². The molecule has 3 rings (SSSR count). The van der Waals surface area contributed by atoms with Gasteiger partial charge in [0.25, 0.3) is 10.1 Å². The van der Waals surface area contributed by atoms with Crippen molar-refractivity contribution >= 4 is 16.0 Å². The summed E-state index contributed by atoms with van der Waals surface area (Å²) in [5.41, 5.74) is 1.98. The summed E-state index contributed by atoms with van der Waals surface area (Å²) in [6, 6.07) is 5.39. The molecule has 1 heterocycles. The third-order valence-corrected chi connectivity index (χ3v) is 4.57. The van der Waals surface area contributed by atoms with E-state index in [4.69, 9.17) is 14.0 Å². The Balaban J connectivity index is 1.73. The van der Waals surface area contributed by atoms with E-state index in [2.05, 4.69) is 5.32 Å². The molecule has 0 radical (unpaired) electrons. The van der Waals surface area contributed by atoms with Gasteiger partial charge in [-0.2, -0.15) is 8.42 Å². The maximum absolute atomic E-state index is 11.7. The number of hydrogen-bond acceptors (Lipinski definition) is 5. The van der Waals surface area contributed by atoms with Crippen molar-refractivity contribution in [1.29, 1.82) is 0 Å². The molecule has 2 atom stereocenters. The van der Waals surface area contributed by atoms with Crippen molar-refractivity contribution in [2.45, 2.75) is 31.4 Å². The first-order chi connectivity index (χ1) is 10.9. The van der Waals surface area contributed by atoms with Crippen LogP contribution < -0.4 is 10.1 Å². The standard InChI is InChI=1S/C15H19NO6S/c17-15(9-23(18,19)20)16-13-5-1-4-12-11(13)3-2-6-14(12)22-8-10-7-21-10/h2-3,6,10,13H,1,4-5,7-9H2,(H,16,17)(H,18,19,20). The Bertz CT molecular complexity index is 698. The number of carbonyl (C=O) groups is 1. The van der Waals surface area contributed by atoms with Gasteiger partial charge in [0.2, 0.25) is 5.91 Å². The zero-order chi connectivity index (χ0) is 16.4. The van der Waals surface area contributed by atoms with Crippen LogP contribution in [0.3, 0.4) is 0 Å². The van der Waals surface area contributed by atoms with Crippen LogP contribution in [0.5, 0.6) is 5.75 Å². The smallest absolute Gasteiger partial charge is 0.274 e. The SMILES string of the molecule is O=C(CS(=O)(=O)O)NC1CCCc2c(OCC3CO3)cccc21. The molecule has 23 heavy (non-hydrogen) atoms. The average molecular weight is 341 g/mol. The minimum absolute atomic E-state index is 0.166. The largest absolute Gasteiger partial charge is 0.490 e. The van der Waals surface area contributed by atoms with E-state index in [0.717, 1.165) is 42.7 Å². The zero-order valence-corrected chi connectivity index (χ0v) is 13.3. The lowest BCUT2D eigenvalue weighted by molar-refractivity contribution is -0.119. The second kappa shape index (κ2) is 6.46. The monoisotopic (exact) mass is 341 g/mol. The van der Waals surface area contributed by atoms with Gasteiger partial charge in [-0.3, -0.25) is 9.35 Å². The van der Waals surface area contributed by atoms with Crippen LogP contribution in [-0.2, 0) is 26.1 Å². The highest BCUT2D eigenvalue weighted by molar-refractivity contribution is 7.86. The van der Waals surface area contributed by atoms with Crippen LogP contribution >= 0.6 is 0 Å². The van der Waals surface area contributed by atoms with Crippen LogP contribution in [-0.4, -0.2) is 43.9 Å². The summed E-state index contributed by atoms with van der Waals surface area (Å²) < 4.78 is 41.3. The lowest BCUT2D eigenvalue weighted by Gasteiger charge is -2.27. The van der Waals surface area contributed by atoms with Crippen LogP contribution in [0.1, 0.15) is 30.0 Å². The molecule has 7 nitrogen and oxygen atoms in total. The number of carbonyl (C=O) groups excluding carboxylic acids is 1. The van der Waals surface area contributed by atoms with Crippen molar-refractivity contribution in [3.63, 3.8) is 0 Å². The van der Waals surface area contributed by atoms with Crippen LogP contribution in [0, 0.1) is 0 Å². The third-order valence-electron chi connectivity index (χ3n) is 3.94. The van der Waals surface area contributed by atoms with E-state index in [1.54, 1.807) is 0 Å². The quantitative estimate of drug-likeness (QED) is 0.587. The highest BCUT2D eigenvalue weighted by Crippen LogP contribution is 2.35. The number of fused-ring (bicyclic) bond motifs is 1. The molecule has 1 aliphatic carbocycles. The molecule has 0 saturated carbocycles. The molecule has 8 heteroatoms. The van der Waals surface area contributed by atoms with E-state index >= 15 is 0 Å². The molecule has 1 aromatic rings. The van der Waals surface area contributed by atoms with Gasteiger partial charge in [0.05, 0.1) is 12.6 Å². The molecule has 0 aromatic heterocycles. The van der Waals surface area contributed by atoms with Gasteiger partial charge in [0.15, 0.2) is 5.75 Å². The summed E-state index contributed by atoms with van der Waals surface area (Å²) in [6.45, 7) is 1.24. The van der Waals surface area contributed by atoms with E-state index in [0.29, 0.717) is 6.61 Å². The first-order valence-corrected chi connectivity index (χ1v) is 9.14. The number of rotatable bonds is 6. The third kappa shape index (κ3) is 4.43. The lowest BCUT2D eigenvalue weighted by Crippen LogP contribution is -2.35. The minimum Gasteiger partial charge on any atom is -0.490 e. The van der Waals surface area contributed by atoms with Gasteiger partial charge in [0, 0.05) is 0 Å². The van der Waals surface area contributed by atoms with Crippen LogP contribution in [0.25, 0.3) is 0 Å². The molecular formula is C15H19NO6S. The Hall–Kier alpha value is -1.64. The van der Waals surface area contributed by atoms with E-state index in [1.807, 2.05) is 18.2 Å². The van der Waals surface area contributed by atoms with Crippen LogP contribution in [0.15, 0.2) is 18.2 Å². The molecule has 2 aliphatic rings. The van der Waals surface area contributed by atoms with Gasteiger partial charge < -0.3 is 14.8 Å². The Morgan fingerprint density at radius 3 is 2.91 bits per heavy atom. The number of benzene rings is 1. The highest BCUT2D eigenvalue weighted by Gasteiger charge is 2.27. The van der Waals surface area contributed by atoms with Crippen molar-refractivity contribution in [2.75, 3.05) is 19.0 Å². The molecule has 1 fully saturated rings. The van der Waals surface area contributed by atoms with Gasteiger partial charge in [-0.15, -0.1) is 0 Å². The molecule has 1 saturated heterocycles. The summed E-state index contributed by atoms with van der Waals surface area (Å²) in [6.07, 6.45) is 2.60. The predicted octanol–water partition coefficient (Wildman–Crippen LogP) is 0.846. The summed E-state index contributed by atoms with van der Waals surface area (Å²) in [5.74, 6) is -0.844. The van der Waals surface area contributed by atoms with Gasteiger partial charge in [0.1, 0.15) is 18.5 Å². The molecular weight excluding hydrogens is 322 g/mol. The Kier molecular flexibility index (Phi) is 4.56. The topological polar surface area (TPSA) is 105 Å². The fourth-order valence-corrected chi connectivity index (χ4v) is 3.26. The second-order valence-electron chi connectivity index (χ2n) is 5.83. The summed E-state index contributed by atoms with van der Waals surface area (Å²) in [4.78, 5) is 11.7. The maximum Gasteiger partial charge on any atom is 0.274 e. The Morgan fingerprint density at radius 1 is 1.43 bits per heavy atom. The van der Waals surface area contributed by atoms with Gasteiger partial charge >= 0.3 is 0 Å². The van der Waals surface area contributed by atoms with Crippen molar-refractivity contribution in [3.8, 4) is 5.75 Å². The number of ether oxygens (including phenoxy) is 2. The van der Waals surface area contributed by atoms with Gasteiger partial charge in [-0.05, 0) is 36.5 Å². The van der Waals surface area contributed by atoms with Crippen molar-refractivity contribution in [1.82, 2.24) is 5.32 Å². The van der Waals surface area contributed by atoms with Crippen molar-refractivity contribution < 1.29 is 27.2 Å². The molecule has 1 aliphatic heterocycles. The zero-order valence-electron chi connectivity index (χ0n) is 12.5. The van der Waals surface area contributed by atoms with Gasteiger partial charge in [-0.1, -0.05) is 12.1 Å². The minimum atomic E-state index is -4.32. The summed E-state index contributed by atoms with van der Waals surface area (Å²) in [5, 5.41) is 2.68. The molecule has 1 amide bonds. The molecule has 0 bridgehead atoms.